The Morgan fingerprint density at radius 1 is 1.19 bits per heavy atom. The van der Waals surface area contributed by atoms with E-state index in [4.69, 9.17) is 0 Å². The second-order valence-corrected chi connectivity index (χ2v) is 8.00. The molecule has 1 saturated heterocycles. The molecule has 1 unspecified atom stereocenters. The van der Waals surface area contributed by atoms with Gasteiger partial charge < -0.3 is 10.6 Å². The minimum absolute atomic E-state index is 0.215. The highest BCUT2D eigenvalue weighted by atomic mass is 32.2. The molecule has 27 heavy (non-hydrogen) atoms. The molecule has 2 N–H and O–H groups in total. The van der Waals surface area contributed by atoms with Crippen LogP contribution in [-0.2, 0) is 17.4 Å². The van der Waals surface area contributed by atoms with Gasteiger partial charge in [0.1, 0.15) is 0 Å². The highest BCUT2D eigenvalue weighted by molar-refractivity contribution is 7.99. The van der Waals surface area contributed by atoms with Gasteiger partial charge in [-0.1, -0.05) is 30.0 Å². The van der Waals surface area contributed by atoms with Gasteiger partial charge in [-0.05, 0) is 48.7 Å². The number of carbonyl (C=O) groups excluding carboxylic acids is 1. The van der Waals surface area contributed by atoms with E-state index in [1.807, 2.05) is 24.3 Å². The lowest BCUT2D eigenvalue weighted by molar-refractivity contribution is -0.137. The average molecular weight is 392 g/mol. The second kappa shape index (κ2) is 7.20. The molecule has 2 heterocycles. The Balaban J connectivity index is 1.70. The second-order valence-electron chi connectivity index (χ2n) is 6.92. The highest BCUT2D eigenvalue weighted by Crippen LogP contribution is 2.45. The normalized spacial score (nSPS) is 19.1. The van der Waals surface area contributed by atoms with Gasteiger partial charge in [0.25, 0.3) is 0 Å². The third-order valence-electron chi connectivity index (χ3n) is 5.02. The molecule has 1 amide bonds. The van der Waals surface area contributed by atoms with E-state index in [1.54, 1.807) is 0 Å². The highest BCUT2D eigenvalue weighted by Gasteiger charge is 2.34. The fourth-order valence-corrected chi connectivity index (χ4v) is 4.71. The van der Waals surface area contributed by atoms with Crippen LogP contribution in [0.5, 0.6) is 0 Å². The zero-order valence-corrected chi connectivity index (χ0v) is 15.3. The minimum Gasteiger partial charge on any atom is -0.325 e. The van der Waals surface area contributed by atoms with Gasteiger partial charge in [0.2, 0.25) is 5.91 Å². The summed E-state index contributed by atoms with van der Waals surface area (Å²) in [6.45, 7) is 1.43. The Kier molecular flexibility index (Phi) is 4.90. The Labute approximate surface area is 159 Å². The van der Waals surface area contributed by atoms with Crippen LogP contribution in [0.2, 0.25) is 0 Å². The zero-order chi connectivity index (χ0) is 19.0. The van der Waals surface area contributed by atoms with Crippen molar-refractivity contribution in [3.63, 3.8) is 0 Å². The van der Waals surface area contributed by atoms with Crippen molar-refractivity contribution in [3.8, 4) is 0 Å². The van der Waals surface area contributed by atoms with E-state index < -0.39 is 11.7 Å². The summed E-state index contributed by atoms with van der Waals surface area (Å²) in [5, 5.41) is 5.96. The topological polar surface area (TPSA) is 41.1 Å². The predicted molar refractivity (Wildman–Crippen MR) is 99.0 cm³/mol. The van der Waals surface area contributed by atoms with E-state index in [0.717, 1.165) is 41.5 Å². The number of piperidine rings is 1. The number of amides is 1. The quantitative estimate of drug-likeness (QED) is 0.664. The molecule has 142 valence electrons. The van der Waals surface area contributed by atoms with Gasteiger partial charge in [-0.3, -0.25) is 4.79 Å². The van der Waals surface area contributed by atoms with Gasteiger partial charge in [0, 0.05) is 28.4 Å². The fraction of sp³-hybridized carbons (Fsp3) is 0.350. The Morgan fingerprint density at radius 2 is 2.00 bits per heavy atom. The number of nitrogens with one attached hydrogen (secondary N) is 2. The van der Waals surface area contributed by atoms with Crippen molar-refractivity contribution in [3.05, 3.63) is 53.1 Å². The molecule has 2 aliphatic heterocycles. The summed E-state index contributed by atoms with van der Waals surface area (Å²) >= 11 is 1.33. The number of rotatable bonds is 2. The zero-order valence-electron chi connectivity index (χ0n) is 14.5. The van der Waals surface area contributed by atoms with Crippen molar-refractivity contribution >= 4 is 23.4 Å². The van der Waals surface area contributed by atoms with Crippen LogP contribution in [0.4, 0.5) is 18.9 Å². The van der Waals surface area contributed by atoms with E-state index in [-0.39, 0.29) is 17.5 Å². The largest absolute Gasteiger partial charge is 0.416 e. The molecule has 1 fully saturated rings. The molecule has 2 aromatic carbocycles. The summed E-state index contributed by atoms with van der Waals surface area (Å²) < 4.78 is 40.2. The van der Waals surface area contributed by atoms with Crippen molar-refractivity contribution in [2.45, 2.75) is 35.2 Å². The summed E-state index contributed by atoms with van der Waals surface area (Å²) in [4.78, 5) is 14.1. The smallest absolute Gasteiger partial charge is 0.325 e. The molecule has 2 aliphatic rings. The third kappa shape index (κ3) is 3.84. The van der Waals surface area contributed by atoms with E-state index >= 15 is 0 Å². The number of halogens is 3. The van der Waals surface area contributed by atoms with Gasteiger partial charge in [0.05, 0.1) is 11.5 Å². The monoisotopic (exact) mass is 392 g/mol. The van der Waals surface area contributed by atoms with Crippen molar-refractivity contribution in [1.29, 1.82) is 0 Å². The maximum Gasteiger partial charge on any atom is 0.416 e. The molecule has 3 nitrogen and oxygen atoms in total. The number of fused-ring (bicyclic) bond motifs is 2. The number of hydrogen-bond donors (Lipinski definition) is 2. The first-order valence-corrected chi connectivity index (χ1v) is 9.75. The van der Waals surface area contributed by atoms with Crippen LogP contribution in [-0.4, -0.2) is 19.0 Å². The van der Waals surface area contributed by atoms with Crippen LogP contribution in [0.1, 0.15) is 29.5 Å². The lowest BCUT2D eigenvalue weighted by atomic mass is 9.97. The lowest BCUT2D eigenvalue weighted by Gasteiger charge is -2.26. The van der Waals surface area contributed by atoms with E-state index in [0.29, 0.717) is 17.9 Å². The molecular formula is C20H19F3N2OS. The van der Waals surface area contributed by atoms with Gasteiger partial charge in [0.15, 0.2) is 0 Å². The molecule has 0 saturated carbocycles. The van der Waals surface area contributed by atoms with Crippen LogP contribution >= 0.6 is 11.8 Å². The molecular weight excluding hydrogens is 373 g/mol. The maximum atomic E-state index is 13.4. The van der Waals surface area contributed by atoms with Crippen LogP contribution in [0.3, 0.4) is 0 Å². The summed E-state index contributed by atoms with van der Waals surface area (Å²) in [5.41, 5.74) is 1.36. The molecule has 0 radical (unpaired) electrons. The van der Waals surface area contributed by atoms with Crippen molar-refractivity contribution in [2.24, 2.45) is 5.92 Å². The molecule has 1 atom stereocenters. The number of hydrogen-bond acceptors (Lipinski definition) is 3. The maximum absolute atomic E-state index is 13.4. The van der Waals surface area contributed by atoms with E-state index in [2.05, 4.69) is 10.6 Å². The van der Waals surface area contributed by atoms with Gasteiger partial charge in [-0.2, -0.15) is 13.2 Å². The lowest BCUT2D eigenvalue weighted by Crippen LogP contribution is -2.37. The minimum atomic E-state index is -4.46. The first kappa shape index (κ1) is 18.4. The Morgan fingerprint density at radius 3 is 2.74 bits per heavy atom. The molecule has 0 spiro atoms. The summed E-state index contributed by atoms with van der Waals surface area (Å²) in [7, 11) is 0. The predicted octanol–water partition coefficient (Wildman–Crippen LogP) is 4.70. The molecule has 7 heteroatoms. The average Bonchev–Trinajstić information content (AvgIpc) is 2.66. The Bertz CT molecular complexity index is 876. The van der Waals surface area contributed by atoms with Gasteiger partial charge in [-0.25, -0.2) is 0 Å². The van der Waals surface area contributed by atoms with Crippen molar-refractivity contribution in [2.75, 3.05) is 18.4 Å². The number of alkyl halides is 3. The van der Waals surface area contributed by atoms with Crippen molar-refractivity contribution in [1.82, 2.24) is 5.32 Å². The van der Waals surface area contributed by atoms with Crippen LogP contribution < -0.4 is 10.6 Å². The van der Waals surface area contributed by atoms with Gasteiger partial charge >= 0.3 is 6.18 Å². The molecule has 2 aromatic rings. The van der Waals surface area contributed by atoms with Gasteiger partial charge in [-0.15, -0.1) is 0 Å². The summed E-state index contributed by atoms with van der Waals surface area (Å²) in [5.74, 6) is -0.431. The van der Waals surface area contributed by atoms with E-state index in [9.17, 15) is 18.0 Å². The fourth-order valence-electron chi connectivity index (χ4n) is 3.56. The number of benzene rings is 2. The third-order valence-corrected chi connectivity index (χ3v) is 6.22. The Hall–Kier alpha value is -1.99. The number of carbonyl (C=O) groups is 1. The first-order chi connectivity index (χ1) is 12.9. The SMILES string of the molecule is O=C(Nc1cc(C(F)(F)F)cc2c1Cc1ccccc1S2)C1CCCNC1. The summed E-state index contributed by atoms with van der Waals surface area (Å²) in [6, 6.07) is 9.94. The van der Waals surface area contributed by atoms with Crippen LogP contribution in [0, 0.1) is 5.92 Å². The van der Waals surface area contributed by atoms with E-state index in [1.165, 1.54) is 17.8 Å². The number of anilines is 1. The molecule has 0 aliphatic carbocycles. The van der Waals surface area contributed by atoms with Crippen LogP contribution in [0.15, 0.2) is 46.2 Å². The van der Waals surface area contributed by atoms with Crippen LogP contribution in [0.25, 0.3) is 0 Å². The molecule has 0 aromatic heterocycles. The summed E-state index contributed by atoms with van der Waals surface area (Å²) in [6.07, 6.45) is -2.31. The molecule has 0 bridgehead atoms. The van der Waals surface area contributed by atoms with Crippen molar-refractivity contribution < 1.29 is 18.0 Å². The molecule has 4 rings (SSSR count). The first-order valence-electron chi connectivity index (χ1n) is 8.93. The standard InChI is InChI=1S/C20H19F3N2OS/c21-20(22,23)14-9-16(25-19(26)13-5-3-7-24-11-13)15-8-12-4-1-2-6-17(12)27-18(15)10-14/h1-2,4,6,9-10,13,24H,3,5,7-8,11H2,(H,25,26).